The van der Waals surface area contributed by atoms with Crippen molar-refractivity contribution in [3.8, 4) is 0 Å². The van der Waals surface area contributed by atoms with Crippen LogP contribution in [0.2, 0.25) is 0 Å². The fourth-order valence-electron chi connectivity index (χ4n) is 3.24. The van der Waals surface area contributed by atoms with Crippen LogP contribution in [0, 0.1) is 0 Å². The highest BCUT2D eigenvalue weighted by Gasteiger charge is 2.34. The molecule has 1 saturated heterocycles. The van der Waals surface area contributed by atoms with Gasteiger partial charge in [-0.3, -0.25) is 14.0 Å². The summed E-state index contributed by atoms with van der Waals surface area (Å²) in [6, 6.07) is 7.22. The number of hydrogen-bond donors (Lipinski definition) is 1. The maximum Gasteiger partial charge on any atom is 0.270 e. The van der Waals surface area contributed by atoms with Crippen molar-refractivity contribution in [1.29, 1.82) is 0 Å². The van der Waals surface area contributed by atoms with Crippen molar-refractivity contribution in [3.63, 3.8) is 0 Å². The van der Waals surface area contributed by atoms with Gasteiger partial charge in [-0.1, -0.05) is 6.07 Å². The molecule has 7 nitrogen and oxygen atoms in total. The van der Waals surface area contributed by atoms with Crippen LogP contribution in [0.1, 0.15) is 52.5 Å². The van der Waals surface area contributed by atoms with Gasteiger partial charge in [-0.15, -0.1) is 10.2 Å². The average molecular weight is 323 g/mol. The minimum atomic E-state index is -0.113. The molecule has 0 spiro atoms. The number of likely N-dealkylation sites (tertiary alicyclic amines) is 1. The lowest BCUT2D eigenvalue weighted by Crippen LogP contribution is -2.31. The number of amides is 1. The number of H-pyrrole nitrogens is 1. The van der Waals surface area contributed by atoms with Crippen molar-refractivity contribution >= 4 is 17.3 Å². The van der Waals surface area contributed by atoms with Gasteiger partial charge in [0.05, 0.1) is 6.04 Å². The van der Waals surface area contributed by atoms with Crippen LogP contribution in [0.4, 0.5) is 0 Å². The summed E-state index contributed by atoms with van der Waals surface area (Å²) >= 11 is 0. The van der Waals surface area contributed by atoms with Gasteiger partial charge >= 0.3 is 0 Å². The number of aromatic nitrogens is 4. The number of nitrogens with zero attached hydrogens (tertiary/aromatic N) is 4. The van der Waals surface area contributed by atoms with Crippen LogP contribution in [0.5, 0.6) is 0 Å². The van der Waals surface area contributed by atoms with E-state index >= 15 is 0 Å². The van der Waals surface area contributed by atoms with E-state index in [1.54, 1.807) is 17.2 Å². The second kappa shape index (κ2) is 5.59. The van der Waals surface area contributed by atoms with Crippen LogP contribution in [0.25, 0.3) is 5.65 Å². The van der Waals surface area contributed by atoms with Crippen molar-refractivity contribution in [1.82, 2.24) is 24.5 Å². The number of aromatic amines is 1. The molecule has 0 aromatic carbocycles. The standard InChI is InChI=1S/C17H17N5O2/c1-11(23)12-9-13(18-10-12)17(24)21-8-4-5-14(21)16-20-19-15-6-2-3-7-22(15)16/h2-3,6-7,9-10,14,18H,4-5,8H2,1H3/t14-/m1/s1. The van der Waals surface area contributed by atoms with Crippen LogP contribution in [0.15, 0.2) is 36.7 Å². The quantitative estimate of drug-likeness (QED) is 0.749. The molecular weight excluding hydrogens is 306 g/mol. The fourth-order valence-corrected chi connectivity index (χ4v) is 3.24. The number of carbonyl (C=O) groups excluding carboxylic acids is 2. The van der Waals surface area contributed by atoms with Gasteiger partial charge in [-0.2, -0.15) is 0 Å². The lowest BCUT2D eigenvalue weighted by molar-refractivity contribution is 0.0724. The SMILES string of the molecule is CC(=O)c1c[nH]c(C(=O)N2CCC[C@@H]2c2nnc3ccccn23)c1. The molecule has 1 fully saturated rings. The van der Waals surface area contributed by atoms with E-state index < -0.39 is 0 Å². The third kappa shape index (κ3) is 2.29. The Hall–Kier alpha value is -2.96. The number of pyridine rings is 1. The third-order valence-corrected chi connectivity index (χ3v) is 4.47. The molecule has 1 amide bonds. The molecule has 1 aliphatic rings. The molecule has 4 rings (SSSR count). The van der Waals surface area contributed by atoms with Crippen molar-refractivity contribution in [2.24, 2.45) is 0 Å². The summed E-state index contributed by atoms with van der Waals surface area (Å²) in [6.45, 7) is 2.15. The Morgan fingerprint density at radius 3 is 2.96 bits per heavy atom. The summed E-state index contributed by atoms with van der Waals surface area (Å²) in [5.41, 5.74) is 1.72. The van der Waals surface area contributed by atoms with Gasteiger partial charge in [-0.25, -0.2) is 0 Å². The molecule has 3 aromatic rings. The highest BCUT2D eigenvalue weighted by molar-refractivity contribution is 5.99. The summed E-state index contributed by atoms with van der Waals surface area (Å²) in [5.74, 6) is 0.596. The number of ketones is 1. The number of carbonyl (C=O) groups is 2. The molecule has 1 N–H and O–H groups in total. The monoisotopic (exact) mass is 323 g/mol. The predicted octanol–water partition coefficient (Wildman–Crippen LogP) is 2.24. The summed E-state index contributed by atoms with van der Waals surface area (Å²) in [7, 11) is 0. The van der Waals surface area contributed by atoms with Crippen molar-refractivity contribution in [2.45, 2.75) is 25.8 Å². The van der Waals surface area contributed by atoms with Gasteiger partial charge < -0.3 is 9.88 Å². The number of nitrogens with one attached hydrogen (secondary N) is 1. The molecule has 0 unspecified atom stereocenters. The highest BCUT2D eigenvalue weighted by atomic mass is 16.2. The number of hydrogen-bond acceptors (Lipinski definition) is 4. The highest BCUT2D eigenvalue weighted by Crippen LogP contribution is 2.32. The lowest BCUT2D eigenvalue weighted by Gasteiger charge is -2.22. The van der Waals surface area contributed by atoms with Crippen LogP contribution in [-0.2, 0) is 0 Å². The Kier molecular flexibility index (Phi) is 3.41. The molecule has 122 valence electrons. The van der Waals surface area contributed by atoms with Crippen molar-refractivity contribution in [3.05, 3.63) is 53.7 Å². The van der Waals surface area contributed by atoms with Gasteiger partial charge in [0.1, 0.15) is 5.69 Å². The molecule has 4 heterocycles. The molecule has 24 heavy (non-hydrogen) atoms. The molecule has 0 saturated carbocycles. The number of rotatable bonds is 3. The van der Waals surface area contributed by atoms with Gasteiger partial charge in [0.15, 0.2) is 17.3 Å². The smallest absolute Gasteiger partial charge is 0.270 e. The van der Waals surface area contributed by atoms with Gasteiger partial charge in [-0.05, 0) is 38.0 Å². The predicted molar refractivity (Wildman–Crippen MR) is 86.8 cm³/mol. The zero-order chi connectivity index (χ0) is 16.7. The second-order valence-electron chi connectivity index (χ2n) is 6.00. The van der Waals surface area contributed by atoms with Crippen molar-refractivity contribution < 1.29 is 9.59 Å². The largest absolute Gasteiger partial charge is 0.356 e. The topological polar surface area (TPSA) is 83.4 Å². The molecule has 0 radical (unpaired) electrons. The Bertz CT molecular complexity index is 926. The van der Waals surface area contributed by atoms with E-state index in [0.29, 0.717) is 17.8 Å². The van der Waals surface area contributed by atoms with E-state index in [9.17, 15) is 9.59 Å². The Labute approximate surface area is 138 Å². The first-order chi connectivity index (χ1) is 11.6. The molecule has 1 aliphatic heterocycles. The zero-order valence-electron chi connectivity index (χ0n) is 13.3. The number of fused-ring (bicyclic) bond motifs is 1. The molecule has 3 aromatic heterocycles. The van der Waals surface area contributed by atoms with E-state index in [1.165, 1.54) is 6.92 Å². The van der Waals surface area contributed by atoms with E-state index in [-0.39, 0.29) is 17.7 Å². The first-order valence-electron chi connectivity index (χ1n) is 7.95. The first-order valence-corrected chi connectivity index (χ1v) is 7.95. The Balaban J connectivity index is 1.67. The van der Waals surface area contributed by atoms with Gasteiger partial charge in [0.2, 0.25) is 0 Å². The molecule has 0 bridgehead atoms. The van der Waals surface area contributed by atoms with Crippen LogP contribution in [0.3, 0.4) is 0 Å². The van der Waals surface area contributed by atoms with Gasteiger partial charge in [0.25, 0.3) is 5.91 Å². The van der Waals surface area contributed by atoms with Crippen LogP contribution in [-0.4, -0.2) is 42.7 Å². The Morgan fingerprint density at radius 1 is 1.29 bits per heavy atom. The minimum absolute atomic E-state index is 0.0632. The van der Waals surface area contributed by atoms with E-state index in [0.717, 1.165) is 24.3 Å². The molecular formula is C17H17N5O2. The summed E-state index contributed by atoms with van der Waals surface area (Å²) in [5, 5.41) is 8.47. The third-order valence-electron chi connectivity index (χ3n) is 4.47. The second-order valence-corrected chi connectivity index (χ2v) is 6.00. The molecule has 7 heteroatoms. The van der Waals surface area contributed by atoms with Crippen LogP contribution >= 0.6 is 0 Å². The first kappa shape index (κ1) is 14.6. The summed E-state index contributed by atoms with van der Waals surface area (Å²) in [4.78, 5) is 29.0. The Morgan fingerprint density at radius 2 is 2.17 bits per heavy atom. The minimum Gasteiger partial charge on any atom is -0.356 e. The van der Waals surface area contributed by atoms with Crippen LogP contribution < -0.4 is 0 Å². The summed E-state index contributed by atoms with van der Waals surface area (Å²) < 4.78 is 1.92. The van der Waals surface area contributed by atoms with Crippen molar-refractivity contribution in [2.75, 3.05) is 6.54 Å². The lowest BCUT2D eigenvalue weighted by atomic mass is 10.2. The maximum absolute atomic E-state index is 12.9. The maximum atomic E-state index is 12.9. The van der Waals surface area contributed by atoms with Gasteiger partial charge in [0, 0.05) is 24.5 Å². The van der Waals surface area contributed by atoms with E-state index in [4.69, 9.17) is 0 Å². The number of Topliss-reactive ketones (excluding diaryl/α,β-unsaturated/α-hetero) is 1. The molecule has 1 atom stereocenters. The average Bonchev–Trinajstić information content (AvgIpc) is 3.31. The van der Waals surface area contributed by atoms with E-state index in [2.05, 4.69) is 15.2 Å². The molecule has 0 aliphatic carbocycles. The van der Waals surface area contributed by atoms with E-state index in [1.807, 2.05) is 28.8 Å². The zero-order valence-corrected chi connectivity index (χ0v) is 13.3. The summed E-state index contributed by atoms with van der Waals surface area (Å²) in [6.07, 6.45) is 5.25. The fraction of sp³-hybridized carbons (Fsp3) is 0.294. The normalized spacial score (nSPS) is 17.5.